The molecule has 1 heterocycles. The van der Waals surface area contributed by atoms with Gasteiger partial charge in [-0.2, -0.15) is 0 Å². The molecule has 2 rings (SSSR count). The summed E-state index contributed by atoms with van der Waals surface area (Å²) in [7, 11) is 0. The summed E-state index contributed by atoms with van der Waals surface area (Å²) >= 11 is 1.39. The molecular weight excluding hydrogens is 296 g/mol. The number of benzene rings is 1. The lowest BCUT2D eigenvalue weighted by Crippen LogP contribution is -2.23. The Bertz CT molecular complexity index is 663. The highest BCUT2D eigenvalue weighted by Crippen LogP contribution is 2.23. The maximum Gasteiger partial charge on any atom is 0.237 e. The Morgan fingerprint density at radius 3 is 2.68 bits per heavy atom. The molecule has 0 saturated heterocycles. The summed E-state index contributed by atoms with van der Waals surface area (Å²) in [6.45, 7) is 10.1. The van der Waals surface area contributed by atoms with Crippen molar-refractivity contribution in [3.8, 4) is 0 Å². The van der Waals surface area contributed by atoms with Crippen LogP contribution in [0.3, 0.4) is 0 Å². The van der Waals surface area contributed by atoms with E-state index in [1.165, 1.54) is 11.8 Å². The number of rotatable bonds is 6. The molecule has 116 valence electrons. The molecule has 0 radical (unpaired) electrons. The van der Waals surface area contributed by atoms with Crippen molar-refractivity contribution in [2.45, 2.75) is 37.7 Å². The van der Waals surface area contributed by atoms with Gasteiger partial charge in [0, 0.05) is 12.2 Å². The number of carbonyl (C=O) groups excluding carboxylic acids is 1. The van der Waals surface area contributed by atoms with Crippen molar-refractivity contribution in [3.05, 3.63) is 48.3 Å². The standard InChI is InChI=1S/C16H20N4OS/c1-5-10-20-13(4)18-19-16(20)22-12(3)15(21)17-14-8-6-11(2)7-9-14/h5-9,12H,1,10H2,2-4H3,(H,17,21)/t12-/m1/s1. The molecule has 0 aliphatic rings. The minimum absolute atomic E-state index is 0.0559. The van der Waals surface area contributed by atoms with E-state index in [-0.39, 0.29) is 11.2 Å². The van der Waals surface area contributed by atoms with Crippen molar-refractivity contribution in [2.24, 2.45) is 0 Å². The number of aryl methyl sites for hydroxylation is 2. The van der Waals surface area contributed by atoms with Crippen LogP contribution in [0, 0.1) is 13.8 Å². The Morgan fingerprint density at radius 1 is 1.36 bits per heavy atom. The molecule has 1 aromatic heterocycles. The topological polar surface area (TPSA) is 59.8 Å². The zero-order chi connectivity index (χ0) is 16.1. The molecule has 0 bridgehead atoms. The molecule has 0 aliphatic carbocycles. The van der Waals surface area contributed by atoms with Crippen molar-refractivity contribution in [1.82, 2.24) is 14.8 Å². The van der Waals surface area contributed by atoms with Crippen LogP contribution in [-0.4, -0.2) is 25.9 Å². The summed E-state index contributed by atoms with van der Waals surface area (Å²) in [5, 5.41) is 11.5. The minimum atomic E-state index is -0.270. The Morgan fingerprint density at radius 2 is 2.05 bits per heavy atom. The first kappa shape index (κ1) is 16.3. The Kier molecular flexibility index (Phi) is 5.38. The van der Waals surface area contributed by atoms with Gasteiger partial charge in [0.25, 0.3) is 0 Å². The molecule has 0 spiro atoms. The monoisotopic (exact) mass is 316 g/mol. The van der Waals surface area contributed by atoms with Gasteiger partial charge >= 0.3 is 0 Å². The van der Waals surface area contributed by atoms with E-state index >= 15 is 0 Å². The highest BCUT2D eigenvalue weighted by Gasteiger charge is 2.18. The maximum atomic E-state index is 12.3. The lowest BCUT2D eigenvalue weighted by atomic mass is 10.2. The zero-order valence-electron chi connectivity index (χ0n) is 13.0. The van der Waals surface area contributed by atoms with E-state index in [9.17, 15) is 4.79 Å². The van der Waals surface area contributed by atoms with Crippen LogP contribution in [-0.2, 0) is 11.3 Å². The molecule has 0 fully saturated rings. The number of nitrogens with one attached hydrogen (secondary N) is 1. The van der Waals surface area contributed by atoms with Gasteiger partial charge in [0.05, 0.1) is 5.25 Å². The second-order valence-corrected chi connectivity index (χ2v) is 6.35. The predicted octanol–water partition coefficient (Wildman–Crippen LogP) is 3.20. The van der Waals surface area contributed by atoms with Crippen molar-refractivity contribution in [1.29, 1.82) is 0 Å². The summed E-state index contributed by atoms with van der Waals surface area (Å²) in [6, 6.07) is 7.74. The number of carbonyl (C=O) groups is 1. The normalized spacial score (nSPS) is 12.0. The van der Waals surface area contributed by atoms with Crippen LogP contribution in [0.4, 0.5) is 5.69 Å². The summed E-state index contributed by atoms with van der Waals surface area (Å²) in [6.07, 6.45) is 1.79. The first-order valence-corrected chi connectivity index (χ1v) is 7.94. The zero-order valence-corrected chi connectivity index (χ0v) is 13.9. The smallest absolute Gasteiger partial charge is 0.237 e. The molecule has 0 unspecified atom stereocenters. The molecule has 2 aromatic rings. The van der Waals surface area contributed by atoms with Gasteiger partial charge in [0.15, 0.2) is 5.16 Å². The average molecular weight is 316 g/mol. The molecule has 1 N–H and O–H groups in total. The van der Waals surface area contributed by atoms with Crippen LogP contribution >= 0.6 is 11.8 Å². The summed E-state index contributed by atoms with van der Waals surface area (Å²) in [5.74, 6) is 0.758. The molecule has 22 heavy (non-hydrogen) atoms. The van der Waals surface area contributed by atoms with Crippen LogP contribution < -0.4 is 5.32 Å². The average Bonchev–Trinajstić information content (AvgIpc) is 2.83. The fourth-order valence-electron chi connectivity index (χ4n) is 1.88. The van der Waals surface area contributed by atoms with E-state index in [4.69, 9.17) is 0 Å². The van der Waals surface area contributed by atoms with Crippen LogP contribution in [0.25, 0.3) is 0 Å². The van der Waals surface area contributed by atoms with Crippen molar-refractivity contribution in [3.63, 3.8) is 0 Å². The number of hydrogen-bond donors (Lipinski definition) is 1. The third-order valence-electron chi connectivity index (χ3n) is 3.18. The van der Waals surface area contributed by atoms with Crippen LogP contribution in [0.15, 0.2) is 42.1 Å². The number of thioether (sulfide) groups is 1. The number of nitrogens with zero attached hydrogens (tertiary/aromatic N) is 3. The fraction of sp³-hybridized carbons (Fsp3) is 0.312. The Balaban J connectivity index is 2.02. The third-order valence-corrected chi connectivity index (χ3v) is 4.26. The molecule has 0 aliphatic heterocycles. The molecule has 1 amide bonds. The van der Waals surface area contributed by atoms with Gasteiger partial charge in [0.2, 0.25) is 5.91 Å². The van der Waals surface area contributed by atoms with Crippen molar-refractivity contribution >= 4 is 23.4 Å². The summed E-state index contributed by atoms with van der Waals surface area (Å²) in [5.41, 5.74) is 1.96. The molecule has 6 heteroatoms. The van der Waals surface area contributed by atoms with Gasteiger partial charge < -0.3 is 9.88 Å². The van der Waals surface area contributed by atoms with Crippen LogP contribution in [0.5, 0.6) is 0 Å². The quantitative estimate of drug-likeness (QED) is 0.657. The van der Waals surface area contributed by atoms with E-state index in [0.29, 0.717) is 6.54 Å². The fourth-order valence-corrected chi connectivity index (χ4v) is 2.78. The third kappa shape index (κ3) is 3.98. The minimum Gasteiger partial charge on any atom is -0.325 e. The Labute approximate surface area is 134 Å². The number of amides is 1. The lowest BCUT2D eigenvalue weighted by molar-refractivity contribution is -0.115. The molecule has 1 atom stereocenters. The first-order chi connectivity index (χ1) is 10.5. The second-order valence-electron chi connectivity index (χ2n) is 5.04. The number of anilines is 1. The van der Waals surface area contributed by atoms with E-state index in [2.05, 4.69) is 22.1 Å². The largest absolute Gasteiger partial charge is 0.325 e. The molecular formula is C16H20N4OS. The van der Waals surface area contributed by atoms with E-state index in [1.54, 1.807) is 6.08 Å². The van der Waals surface area contributed by atoms with E-state index in [1.807, 2.05) is 49.6 Å². The SMILES string of the molecule is C=CCn1c(C)nnc1S[C@H](C)C(=O)Nc1ccc(C)cc1. The van der Waals surface area contributed by atoms with Gasteiger partial charge in [-0.1, -0.05) is 35.5 Å². The van der Waals surface area contributed by atoms with Gasteiger partial charge in [-0.15, -0.1) is 16.8 Å². The molecule has 1 aromatic carbocycles. The summed E-state index contributed by atoms with van der Waals surface area (Å²) < 4.78 is 1.94. The van der Waals surface area contributed by atoms with Gasteiger partial charge in [-0.25, -0.2) is 0 Å². The van der Waals surface area contributed by atoms with Gasteiger partial charge in [0.1, 0.15) is 5.82 Å². The number of allylic oxidation sites excluding steroid dienone is 1. The van der Waals surface area contributed by atoms with E-state index < -0.39 is 0 Å². The highest BCUT2D eigenvalue weighted by atomic mass is 32.2. The second kappa shape index (κ2) is 7.26. The van der Waals surface area contributed by atoms with Crippen LogP contribution in [0.1, 0.15) is 18.3 Å². The highest BCUT2D eigenvalue weighted by molar-refractivity contribution is 8.00. The number of hydrogen-bond acceptors (Lipinski definition) is 4. The number of aromatic nitrogens is 3. The lowest BCUT2D eigenvalue weighted by Gasteiger charge is -2.12. The van der Waals surface area contributed by atoms with Crippen LogP contribution in [0.2, 0.25) is 0 Å². The van der Waals surface area contributed by atoms with Crippen molar-refractivity contribution in [2.75, 3.05) is 5.32 Å². The van der Waals surface area contributed by atoms with Gasteiger partial charge in [-0.3, -0.25) is 4.79 Å². The van der Waals surface area contributed by atoms with E-state index in [0.717, 1.165) is 22.2 Å². The Hall–Kier alpha value is -2.08. The predicted molar refractivity (Wildman–Crippen MR) is 90.1 cm³/mol. The van der Waals surface area contributed by atoms with Crippen molar-refractivity contribution < 1.29 is 4.79 Å². The molecule has 0 saturated carbocycles. The van der Waals surface area contributed by atoms with Gasteiger partial charge in [-0.05, 0) is 32.9 Å². The first-order valence-electron chi connectivity index (χ1n) is 7.06. The maximum absolute atomic E-state index is 12.3. The molecule has 5 nitrogen and oxygen atoms in total. The summed E-state index contributed by atoms with van der Waals surface area (Å²) in [4.78, 5) is 12.3.